The lowest BCUT2D eigenvalue weighted by atomic mass is 10.2. The quantitative estimate of drug-likeness (QED) is 0.210. The maximum Gasteiger partial charge on any atom is 0.513 e. The van der Waals surface area contributed by atoms with Crippen molar-refractivity contribution in [2.45, 2.75) is 25.7 Å². The molecule has 23 heavy (non-hydrogen) atoms. The summed E-state index contributed by atoms with van der Waals surface area (Å²) in [6.07, 6.45) is 1.69. The fraction of sp³-hybridized carbons (Fsp3) is 0.462. The third-order valence-electron chi connectivity index (χ3n) is 2.70. The van der Waals surface area contributed by atoms with Gasteiger partial charge < -0.3 is 14.3 Å². The van der Waals surface area contributed by atoms with E-state index in [1.165, 1.54) is 24.3 Å². The molecule has 0 atom stereocenters. The number of nitrogens with zero attached hydrogens (tertiary/aromatic N) is 2. The average molecular weight is 328 g/mol. The molecule has 0 spiro atoms. The molecule has 1 aromatic rings. The lowest BCUT2D eigenvalue weighted by molar-refractivity contribution is -0.757. The van der Waals surface area contributed by atoms with E-state index < -0.39 is 16.2 Å². The van der Waals surface area contributed by atoms with Crippen molar-refractivity contribution < 1.29 is 29.1 Å². The van der Waals surface area contributed by atoms with E-state index in [-0.39, 0.29) is 24.7 Å². The fourth-order valence-corrected chi connectivity index (χ4v) is 1.61. The lowest BCUT2D eigenvalue weighted by Gasteiger charge is -2.05. The Balaban J connectivity index is 2.10. The van der Waals surface area contributed by atoms with Gasteiger partial charge in [0, 0.05) is 12.1 Å². The SMILES string of the molecule is O=C(OCCCCCCO[N+](=O)[O-])Oc1ccc([N+](=O)[O-])cc1. The molecule has 0 aliphatic carbocycles. The van der Waals surface area contributed by atoms with Crippen molar-refractivity contribution in [1.82, 2.24) is 0 Å². The lowest BCUT2D eigenvalue weighted by Crippen LogP contribution is -2.11. The second-order valence-electron chi connectivity index (χ2n) is 4.42. The number of carbonyl (C=O) groups excluding carboxylic acids is 1. The Morgan fingerprint density at radius 1 is 0.957 bits per heavy atom. The summed E-state index contributed by atoms with van der Waals surface area (Å²) in [5.41, 5.74) is -0.105. The minimum absolute atomic E-state index is 0.0516. The molecule has 0 radical (unpaired) electrons. The molecule has 1 aromatic carbocycles. The van der Waals surface area contributed by atoms with Crippen LogP contribution in [0.15, 0.2) is 24.3 Å². The molecular weight excluding hydrogens is 312 g/mol. The van der Waals surface area contributed by atoms with Crippen molar-refractivity contribution in [2.24, 2.45) is 0 Å². The van der Waals surface area contributed by atoms with Crippen LogP contribution in [-0.4, -0.2) is 29.4 Å². The van der Waals surface area contributed by atoms with E-state index in [0.717, 1.165) is 6.42 Å². The second kappa shape index (κ2) is 9.92. The molecule has 0 saturated heterocycles. The van der Waals surface area contributed by atoms with Crippen LogP contribution in [-0.2, 0) is 9.57 Å². The molecule has 10 nitrogen and oxygen atoms in total. The zero-order valence-electron chi connectivity index (χ0n) is 12.2. The Morgan fingerprint density at radius 2 is 1.57 bits per heavy atom. The first-order valence-corrected chi connectivity index (χ1v) is 6.85. The molecule has 126 valence electrons. The van der Waals surface area contributed by atoms with Crippen molar-refractivity contribution in [2.75, 3.05) is 13.2 Å². The Morgan fingerprint density at radius 3 is 2.13 bits per heavy atom. The van der Waals surface area contributed by atoms with Crippen LogP contribution in [0.2, 0.25) is 0 Å². The number of ether oxygens (including phenoxy) is 2. The number of nitro groups is 1. The highest BCUT2D eigenvalue weighted by Crippen LogP contribution is 2.17. The summed E-state index contributed by atoms with van der Waals surface area (Å²) in [6, 6.07) is 5.04. The topological polar surface area (TPSA) is 131 Å². The summed E-state index contributed by atoms with van der Waals surface area (Å²) in [6.45, 7) is 0.206. The van der Waals surface area contributed by atoms with Gasteiger partial charge >= 0.3 is 6.16 Å². The van der Waals surface area contributed by atoms with Gasteiger partial charge in [-0.3, -0.25) is 10.1 Å². The number of hydrogen-bond donors (Lipinski definition) is 0. The summed E-state index contributed by atoms with van der Waals surface area (Å²) in [5.74, 6) is 0.150. The van der Waals surface area contributed by atoms with E-state index in [4.69, 9.17) is 9.47 Å². The first-order chi connectivity index (χ1) is 11.0. The summed E-state index contributed by atoms with van der Waals surface area (Å²) in [7, 11) is 0. The molecule has 0 saturated carbocycles. The van der Waals surface area contributed by atoms with Gasteiger partial charge in [-0.25, -0.2) is 4.79 Å². The van der Waals surface area contributed by atoms with Gasteiger partial charge in [-0.15, -0.1) is 10.1 Å². The summed E-state index contributed by atoms with van der Waals surface area (Å²) in [4.78, 5) is 35.3. The van der Waals surface area contributed by atoms with E-state index in [1.807, 2.05) is 0 Å². The molecule has 0 aromatic heterocycles. The Labute approximate surface area is 131 Å². The molecule has 1 rings (SSSR count). The highest BCUT2D eigenvalue weighted by atomic mass is 16.9. The van der Waals surface area contributed by atoms with E-state index in [2.05, 4.69) is 4.84 Å². The van der Waals surface area contributed by atoms with Crippen LogP contribution in [0.3, 0.4) is 0 Å². The molecule has 0 aliphatic heterocycles. The van der Waals surface area contributed by atoms with Crippen molar-refractivity contribution >= 4 is 11.8 Å². The monoisotopic (exact) mass is 328 g/mol. The van der Waals surface area contributed by atoms with Crippen LogP contribution >= 0.6 is 0 Å². The first-order valence-electron chi connectivity index (χ1n) is 6.85. The van der Waals surface area contributed by atoms with Crippen LogP contribution in [0, 0.1) is 20.2 Å². The smallest absolute Gasteiger partial charge is 0.434 e. The van der Waals surface area contributed by atoms with Gasteiger partial charge in [0.25, 0.3) is 10.8 Å². The maximum atomic E-state index is 11.4. The number of non-ortho nitro benzene ring substituents is 1. The van der Waals surface area contributed by atoms with Crippen molar-refractivity contribution in [3.63, 3.8) is 0 Å². The highest BCUT2D eigenvalue weighted by Gasteiger charge is 2.08. The predicted molar refractivity (Wildman–Crippen MR) is 76.5 cm³/mol. The molecule has 10 heteroatoms. The number of hydrogen-bond acceptors (Lipinski definition) is 8. The van der Waals surface area contributed by atoms with Crippen molar-refractivity contribution in [3.05, 3.63) is 44.5 Å². The van der Waals surface area contributed by atoms with E-state index >= 15 is 0 Å². The largest absolute Gasteiger partial charge is 0.513 e. The van der Waals surface area contributed by atoms with Crippen LogP contribution in [0.4, 0.5) is 10.5 Å². The van der Waals surface area contributed by atoms with Crippen molar-refractivity contribution in [1.29, 1.82) is 0 Å². The Bertz CT molecular complexity index is 531. The van der Waals surface area contributed by atoms with E-state index in [1.54, 1.807) is 0 Å². The maximum absolute atomic E-state index is 11.4. The van der Waals surface area contributed by atoms with Crippen LogP contribution in [0.5, 0.6) is 5.75 Å². The van der Waals surface area contributed by atoms with Crippen molar-refractivity contribution in [3.8, 4) is 5.75 Å². The molecule has 0 bridgehead atoms. The molecule has 0 amide bonds. The number of nitro benzene ring substituents is 1. The van der Waals surface area contributed by atoms with E-state index in [9.17, 15) is 25.0 Å². The van der Waals surface area contributed by atoms with E-state index in [0.29, 0.717) is 19.3 Å². The Kier molecular flexibility index (Phi) is 7.83. The minimum Gasteiger partial charge on any atom is -0.434 e. The number of benzene rings is 1. The van der Waals surface area contributed by atoms with Gasteiger partial charge in [0.15, 0.2) is 0 Å². The van der Waals surface area contributed by atoms with Gasteiger partial charge in [-0.2, -0.15) is 0 Å². The zero-order chi connectivity index (χ0) is 17.1. The van der Waals surface area contributed by atoms with Gasteiger partial charge in [-0.1, -0.05) is 6.42 Å². The predicted octanol–water partition coefficient (Wildman–Crippen LogP) is 2.88. The van der Waals surface area contributed by atoms with Gasteiger partial charge in [0.2, 0.25) is 0 Å². The van der Waals surface area contributed by atoms with Gasteiger partial charge in [0.1, 0.15) is 5.75 Å². The molecule has 0 heterocycles. The third-order valence-corrected chi connectivity index (χ3v) is 2.70. The molecule has 0 aliphatic rings. The van der Waals surface area contributed by atoms with Gasteiger partial charge in [-0.05, 0) is 31.4 Å². The van der Waals surface area contributed by atoms with Gasteiger partial charge in [0.05, 0.1) is 18.1 Å². The van der Waals surface area contributed by atoms with Crippen LogP contribution in [0.25, 0.3) is 0 Å². The average Bonchev–Trinajstić information content (AvgIpc) is 2.50. The number of carbonyl (C=O) groups is 1. The third kappa shape index (κ3) is 8.19. The standard InChI is InChI=1S/C13H16N2O8/c16-13(21-9-3-1-2-4-10-22-15(19)20)23-12-7-5-11(6-8-12)14(17)18/h5-8H,1-4,9-10H2. The first kappa shape index (κ1) is 18.1. The normalized spacial score (nSPS) is 9.91. The summed E-state index contributed by atoms with van der Waals surface area (Å²) in [5, 5.41) is 19.5. The van der Waals surface area contributed by atoms with Crippen LogP contribution in [0.1, 0.15) is 25.7 Å². The molecular formula is C13H16N2O8. The second-order valence-corrected chi connectivity index (χ2v) is 4.42. The summed E-state index contributed by atoms with van der Waals surface area (Å²) < 4.78 is 9.68. The summed E-state index contributed by atoms with van der Waals surface area (Å²) >= 11 is 0. The number of rotatable bonds is 10. The minimum atomic E-state index is -0.893. The molecule has 0 unspecified atom stereocenters. The highest BCUT2D eigenvalue weighted by molar-refractivity contribution is 5.63. The number of unbranched alkanes of at least 4 members (excludes halogenated alkanes) is 3. The van der Waals surface area contributed by atoms with Crippen LogP contribution < -0.4 is 4.74 Å². The Hall–Kier alpha value is -2.91. The zero-order valence-corrected chi connectivity index (χ0v) is 12.2. The fourth-order valence-electron chi connectivity index (χ4n) is 1.61. The molecule has 0 fully saturated rings. The molecule has 0 N–H and O–H groups in total.